The molecule has 1 aliphatic heterocycles. The van der Waals surface area contributed by atoms with Crippen LogP contribution >= 0.6 is 11.3 Å². The Bertz CT molecular complexity index is 665. The molecular formula is C17H23N5S. The van der Waals surface area contributed by atoms with Gasteiger partial charge in [0.1, 0.15) is 12.1 Å². The van der Waals surface area contributed by atoms with Gasteiger partial charge in [0.05, 0.1) is 5.51 Å². The molecule has 2 fully saturated rings. The maximum Gasteiger partial charge on any atom is 0.132 e. The maximum atomic E-state index is 4.42. The minimum absolute atomic E-state index is 0.533. The molecule has 4 rings (SSSR count). The Morgan fingerprint density at radius 2 is 2.26 bits per heavy atom. The highest BCUT2D eigenvalue weighted by Crippen LogP contribution is 2.50. The number of aromatic nitrogens is 3. The molecule has 2 aromatic rings. The van der Waals surface area contributed by atoms with Crippen LogP contribution in [0, 0.1) is 12.3 Å². The second-order valence-electron chi connectivity index (χ2n) is 7.12. The largest absolute Gasteiger partial charge is 0.357 e. The minimum Gasteiger partial charge on any atom is -0.357 e. The maximum absolute atomic E-state index is 4.42. The fourth-order valence-electron chi connectivity index (χ4n) is 4.07. The molecule has 1 aliphatic carbocycles. The van der Waals surface area contributed by atoms with Crippen LogP contribution in [0.15, 0.2) is 24.1 Å². The summed E-state index contributed by atoms with van der Waals surface area (Å²) < 4.78 is 0. The van der Waals surface area contributed by atoms with Crippen LogP contribution in [0.5, 0.6) is 0 Å². The number of hydrogen-bond acceptors (Lipinski definition) is 6. The van der Waals surface area contributed by atoms with Crippen molar-refractivity contribution in [2.75, 3.05) is 25.0 Å². The summed E-state index contributed by atoms with van der Waals surface area (Å²) in [6.45, 7) is 5.55. The van der Waals surface area contributed by atoms with E-state index in [1.165, 1.54) is 37.2 Å². The zero-order valence-electron chi connectivity index (χ0n) is 13.8. The average molecular weight is 329 g/mol. The van der Waals surface area contributed by atoms with E-state index in [0.29, 0.717) is 11.5 Å². The minimum atomic E-state index is 0.533. The van der Waals surface area contributed by atoms with Gasteiger partial charge in [-0.3, -0.25) is 9.88 Å². The quantitative estimate of drug-likeness (QED) is 0.863. The van der Waals surface area contributed by atoms with E-state index >= 15 is 0 Å². The molecule has 3 heterocycles. The van der Waals surface area contributed by atoms with Crippen LogP contribution < -0.4 is 4.90 Å². The van der Waals surface area contributed by atoms with Gasteiger partial charge in [0.2, 0.25) is 0 Å². The predicted molar refractivity (Wildman–Crippen MR) is 92.6 cm³/mol. The molecule has 0 aromatic carbocycles. The van der Waals surface area contributed by atoms with Crippen molar-refractivity contribution < 1.29 is 0 Å². The van der Waals surface area contributed by atoms with E-state index in [4.69, 9.17) is 0 Å². The lowest BCUT2D eigenvalue weighted by Crippen LogP contribution is -2.51. The van der Waals surface area contributed by atoms with E-state index in [9.17, 15) is 0 Å². The van der Waals surface area contributed by atoms with Crippen molar-refractivity contribution in [1.82, 2.24) is 19.9 Å². The standard InChI is InChI=1S/C17H23N5S/c1-13-5-16(20-11-19-13)21(2)14-6-17(7-14)3-4-22(10-17)9-15-8-18-12-23-15/h5,8,11-12,14H,3-4,6-7,9-10H2,1-2H3. The molecule has 0 atom stereocenters. The van der Waals surface area contributed by atoms with Crippen molar-refractivity contribution in [3.63, 3.8) is 0 Å². The molecular weight excluding hydrogens is 306 g/mol. The van der Waals surface area contributed by atoms with Gasteiger partial charge in [-0.05, 0) is 38.1 Å². The molecule has 2 aliphatic rings. The summed E-state index contributed by atoms with van der Waals surface area (Å²) >= 11 is 1.76. The van der Waals surface area contributed by atoms with Crippen LogP contribution in [-0.2, 0) is 6.54 Å². The van der Waals surface area contributed by atoms with Crippen LogP contribution in [0.1, 0.15) is 29.8 Å². The van der Waals surface area contributed by atoms with Crippen molar-refractivity contribution in [2.45, 2.75) is 38.8 Å². The fraction of sp³-hybridized carbons (Fsp3) is 0.588. The number of hydrogen-bond donors (Lipinski definition) is 0. The summed E-state index contributed by atoms with van der Waals surface area (Å²) in [7, 11) is 2.17. The Morgan fingerprint density at radius 1 is 1.39 bits per heavy atom. The number of anilines is 1. The molecule has 2 aromatic heterocycles. The third-order valence-electron chi connectivity index (χ3n) is 5.42. The Morgan fingerprint density at radius 3 is 3.00 bits per heavy atom. The first kappa shape index (κ1) is 15.0. The number of aryl methyl sites for hydroxylation is 1. The molecule has 1 saturated carbocycles. The lowest BCUT2D eigenvalue weighted by molar-refractivity contribution is 0.107. The third-order valence-corrected chi connectivity index (χ3v) is 6.18. The summed E-state index contributed by atoms with van der Waals surface area (Å²) in [5.74, 6) is 1.05. The van der Waals surface area contributed by atoms with Crippen LogP contribution in [-0.4, -0.2) is 46.0 Å². The topological polar surface area (TPSA) is 45.2 Å². The lowest BCUT2D eigenvalue weighted by atomic mass is 9.64. The van der Waals surface area contributed by atoms with Crippen molar-refractivity contribution in [1.29, 1.82) is 0 Å². The monoisotopic (exact) mass is 329 g/mol. The molecule has 0 bridgehead atoms. The predicted octanol–water partition coefficient (Wildman–Crippen LogP) is 2.73. The molecule has 0 amide bonds. The van der Waals surface area contributed by atoms with Gasteiger partial charge in [0.25, 0.3) is 0 Å². The average Bonchev–Trinajstić information content (AvgIpc) is 3.15. The van der Waals surface area contributed by atoms with Crippen molar-refractivity contribution in [2.24, 2.45) is 5.41 Å². The highest BCUT2D eigenvalue weighted by Gasteiger charge is 2.49. The number of thiazole rings is 1. The van der Waals surface area contributed by atoms with E-state index in [-0.39, 0.29) is 0 Å². The molecule has 6 heteroatoms. The lowest BCUT2D eigenvalue weighted by Gasteiger charge is -2.49. The Kier molecular flexibility index (Phi) is 3.81. The van der Waals surface area contributed by atoms with Crippen LogP contribution in [0.25, 0.3) is 0 Å². The molecule has 1 saturated heterocycles. The van der Waals surface area contributed by atoms with Crippen LogP contribution in [0.3, 0.4) is 0 Å². The van der Waals surface area contributed by atoms with E-state index in [1.54, 1.807) is 17.7 Å². The van der Waals surface area contributed by atoms with E-state index in [2.05, 4.69) is 37.9 Å². The highest BCUT2D eigenvalue weighted by molar-refractivity contribution is 7.09. The summed E-state index contributed by atoms with van der Waals surface area (Å²) in [6.07, 6.45) is 7.57. The first-order chi connectivity index (χ1) is 11.1. The smallest absolute Gasteiger partial charge is 0.132 e. The fourth-order valence-corrected chi connectivity index (χ4v) is 4.71. The Hall–Kier alpha value is -1.53. The molecule has 5 nitrogen and oxygen atoms in total. The van der Waals surface area contributed by atoms with Gasteiger partial charge in [-0.15, -0.1) is 11.3 Å². The number of nitrogens with zero attached hydrogens (tertiary/aromatic N) is 5. The number of rotatable bonds is 4. The normalized spacial score (nSPS) is 27.3. The SMILES string of the molecule is Cc1cc(N(C)C2CC3(CCN(Cc4cncs4)C3)C2)ncn1. The molecule has 0 radical (unpaired) electrons. The molecule has 1 spiro atoms. The zero-order chi connectivity index (χ0) is 15.9. The van der Waals surface area contributed by atoms with E-state index in [0.717, 1.165) is 18.1 Å². The zero-order valence-corrected chi connectivity index (χ0v) is 14.6. The molecule has 0 N–H and O–H groups in total. The van der Waals surface area contributed by atoms with E-state index < -0.39 is 0 Å². The van der Waals surface area contributed by atoms with E-state index in [1.807, 2.05) is 18.6 Å². The van der Waals surface area contributed by atoms with Gasteiger partial charge in [-0.1, -0.05) is 0 Å². The molecule has 23 heavy (non-hydrogen) atoms. The number of likely N-dealkylation sites (tertiary alicyclic amines) is 1. The van der Waals surface area contributed by atoms with Gasteiger partial charge < -0.3 is 4.90 Å². The molecule has 0 unspecified atom stereocenters. The summed E-state index contributed by atoms with van der Waals surface area (Å²) in [5.41, 5.74) is 3.50. The van der Waals surface area contributed by atoms with Crippen molar-refractivity contribution in [3.8, 4) is 0 Å². The summed E-state index contributed by atoms with van der Waals surface area (Å²) in [5, 5.41) is 0. The second kappa shape index (κ2) is 5.83. The third kappa shape index (κ3) is 2.97. The Balaban J connectivity index is 1.34. The van der Waals surface area contributed by atoms with Crippen LogP contribution in [0.4, 0.5) is 5.82 Å². The van der Waals surface area contributed by atoms with Gasteiger partial charge in [0, 0.05) is 49.0 Å². The first-order valence-electron chi connectivity index (χ1n) is 8.25. The second-order valence-corrected chi connectivity index (χ2v) is 8.09. The Labute approximate surface area is 141 Å². The van der Waals surface area contributed by atoms with Gasteiger partial charge >= 0.3 is 0 Å². The van der Waals surface area contributed by atoms with Gasteiger partial charge in [-0.25, -0.2) is 9.97 Å². The van der Waals surface area contributed by atoms with Gasteiger partial charge in [0.15, 0.2) is 0 Å². The van der Waals surface area contributed by atoms with Crippen molar-refractivity contribution in [3.05, 3.63) is 34.7 Å². The van der Waals surface area contributed by atoms with Crippen molar-refractivity contribution >= 4 is 17.2 Å². The first-order valence-corrected chi connectivity index (χ1v) is 9.13. The molecule has 122 valence electrons. The van der Waals surface area contributed by atoms with Gasteiger partial charge in [-0.2, -0.15) is 0 Å². The highest BCUT2D eigenvalue weighted by atomic mass is 32.1. The summed E-state index contributed by atoms with van der Waals surface area (Å²) in [4.78, 5) is 19.1. The van der Waals surface area contributed by atoms with Crippen LogP contribution in [0.2, 0.25) is 0 Å². The summed E-state index contributed by atoms with van der Waals surface area (Å²) in [6, 6.07) is 2.70.